The summed E-state index contributed by atoms with van der Waals surface area (Å²) in [4.78, 5) is 11.6. The number of esters is 1. The van der Waals surface area contributed by atoms with Crippen LogP contribution in [-0.2, 0) is 20.4 Å². The van der Waals surface area contributed by atoms with Gasteiger partial charge in [0.2, 0.25) is 0 Å². The lowest BCUT2D eigenvalue weighted by molar-refractivity contribution is -0.155. The lowest BCUT2D eigenvalue weighted by Crippen LogP contribution is -2.29. The third-order valence-electron chi connectivity index (χ3n) is 14.8. The molecule has 0 aromatic heterocycles. The zero-order valence-electron chi connectivity index (χ0n) is 41.4. The number of phenols is 1. The number of aliphatic hydroxyl groups is 2. The van der Waals surface area contributed by atoms with Crippen LogP contribution < -0.4 is 4.74 Å². The smallest absolute Gasteiger partial charge is 0.306 e. The molecule has 1 aliphatic rings. The number of carbonyl (C=O) groups excluding carboxylic acids is 1. The summed E-state index contributed by atoms with van der Waals surface area (Å²) in [5.41, 5.74) is 10.2. The molecule has 0 saturated carbocycles. The number of hydrogen-bond acceptors (Lipinski definition) is 6. The number of carbonyl (C=O) groups is 1. The molecule has 0 unspecified atom stereocenters. The van der Waals surface area contributed by atoms with E-state index in [1.807, 2.05) is 52.8 Å². The lowest BCUT2D eigenvalue weighted by Gasteiger charge is -2.34. The van der Waals surface area contributed by atoms with Gasteiger partial charge in [-0.1, -0.05) is 140 Å². The Hall–Kier alpha value is -4.65. The van der Waals surface area contributed by atoms with Crippen LogP contribution in [-0.4, -0.2) is 45.2 Å². The highest BCUT2D eigenvalue weighted by atomic mass is 16.6. The monoisotopic (exact) mass is 873 g/mol. The summed E-state index contributed by atoms with van der Waals surface area (Å²) in [7, 11) is 0. The molecule has 1 heterocycles. The second-order valence-electron chi connectivity index (χ2n) is 18.3. The van der Waals surface area contributed by atoms with E-state index in [0.717, 1.165) is 66.5 Å². The van der Waals surface area contributed by atoms with Crippen molar-refractivity contribution in [3.8, 4) is 11.5 Å². The van der Waals surface area contributed by atoms with Crippen molar-refractivity contribution in [2.75, 3.05) is 6.61 Å². The van der Waals surface area contributed by atoms with Gasteiger partial charge in [-0.25, -0.2) is 0 Å². The van der Waals surface area contributed by atoms with Gasteiger partial charge in [0.25, 0.3) is 0 Å². The molecule has 1 fully saturated rings. The number of aromatic hydroxyl groups is 1. The van der Waals surface area contributed by atoms with E-state index in [0.29, 0.717) is 44.5 Å². The first-order valence-corrected chi connectivity index (χ1v) is 24.2. The Kier molecular flexibility index (Phi) is 18.7. The van der Waals surface area contributed by atoms with Crippen LogP contribution in [0.2, 0.25) is 0 Å². The average molecular weight is 873 g/mol. The Bertz CT molecular complexity index is 2190. The molecule has 0 amide bonds. The Labute approximate surface area is 386 Å². The average Bonchev–Trinajstić information content (AvgIpc) is 3.30. The van der Waals surface area contributed by atoms with Gasteiger partial charge in [0, 0.05) is 17.3 Å². The summed E-state index contributed by atoms with van der Waals surface area (Å²) < 4.78 is 11.5. The van der Waals surface area contributed by atoms with Crippen molar-refractivity contribution in [1.29, 1.82) is 0 Å². The molecule has 1 aliphatic heterocycles. The van der Waals surface area contributed by atoms with Gasteiger partial charge >= 0.3 is 5.97 Å². The fourth-order valence-electron chi connectivity index (χ4n) is 9.39. The van der Waals surface area contributed by atoms with Crippen molar-refractivity contribution in [2.24, 2.45) is 0 Å². The summed E-state index contributed by atoms with van der Waals surface area (Å²) >= 11 is 0. The van der Waals surface area contributed by atoms with Crippen LogP contribution in [0.3, 0.4) is 0 Å². The van der Waals surface area contributed by atoms with E-state index in [1.54, 1.807) is 0 Å². The Balaban J connectivity index is 0.000000290. The molecule has 5 rings (SSSR count). The molecule has 0 spiro atoms. The lowest BCUT2D eigenvalue weighted by atomic mass is 9.70. The van der Waals surface area contributed by atoms with Crippen LogP contribution in [0, 0.1) is 27.7 Å². The minimum atomic E-state index is -0.748. The van der Waals surface area contributed by atoms with Crippen LogP contribution in [0.15, 0.2) is 84.9 Å². The first-order valence-electron chi connectivity index (χ1n) is 24.2. The van der Waals surface area contributed by atoms with Crippen LogP contribution in [0.25, 0.3) is 12.2 Å². The number of aryl methyl sites for hydroxylation is 4. The van der Waals surface area contributed by atoms with Crippen molar-refractivity contribution in [3.05, 3.63) is 141 Å². The van der Waals surface area contributed by atoms with Crippen molar-refractivity contribution >= 4 is 18.1 Å². The zero-order valence-corrected chi connectivity index (χ0v) is 41.4. The highest BCUT2D eigenvalue weighted by molar-refractivity contribution is 5.70. The van der Waals surface area contributed by atoms with Crippen molar-refractivity contribution in [3.63, 3.8) is 0 Å². The second-order valence-corrected chi connectivity index (χ2v) is 18.3. The number of phenolic OH excluding ortho intramolecular Hbond substituents is 1. The summed E-state index contributed by atoms with van der Waals surface area (Å²) in [6, 6.07) is 25.9. The number of benzene rings is 4. The number of ether oxygens (including phenoxy) is 2. The fraction of sp³-hybridized carbons (Fsp3) is 0.500. The third-order valence-corrected chi connectivity index (χ3v) is 14.8. The fourth-order valence-corrected chi connectivity index (χ4v) is 9.39. The van der Waals surface area contributed by atoms with Gasteiger partial charge in [0.15, 0.2) is 0 Å². The summed E-state index contributed by atoms with van der Waals surface area (Å²) in [5, 5.41) is 31.1. The predicted molar refractivity (Wildman–Crippen MR) is 267 cm³/mol. The minimum absolute atomic E-state index is 0.0704. The predicted octanol–water partition coefficient (Wildman–Crippen LogP) is 14.1. The molecule has 6 nitrogen and oxygen atoms in total. The molecule has 1 atom stereocenters. The van der Waals surface area contributed by atoms with Crippen LogP contribution in [0.5, 0.6) is 11.5 Å². The van der Waals surface area contributed by atoms with Crippen LogP contribution >= 0.6 is 0 Å². The normalized spacial score (nSPS) is 15.0. The molecular formula is C58H80O6. The number of cyclic esters (lactones) is 1. The van der Waals surface area contributed by atoms with Gasteiger partial charge in [0.1, 0.15) is 24.2 Å². The first kappa shape index (κ1) is 52.0. The van der Waals surface area contributed by atoms with E-state index >= 15 is 0 Å². The molecule has 0 bridgehead atoms. The second kappa shape index (κ2) is 23.0. The zero-order chi connectivity index (χ0) is 47.3. The van der Waals surface area contributed by atoms with Gasteiger partial charge in [-0.2, -0.15) is 0 Å². The molecule has 4 aromatic rings. The molecule has 348 valence electrons. The SMILES string of the molecule is CCC(O)(/C=C/c1ccc(C(CC)(CC)c2ccc(O)c(C)c2)cc1C)CC.CCC(O)(/C=C/c1ccc(C(CC)(CC)c2ccc(OC[C@H]3CCCC(=O)O3)c(C)c2)cc1C)CC. The maximum atomic E-state index is 11.6. The Morgan fingerprint density at radius 1 is 0.578 bits per heavy atom. The highest BCUT2D eigenvalue weighted by Gasteiger charge is 2.33. The summed E-state index contributed by atoms with van der Waals surface area (Å²) in [6.07, 6.45) is 16.9. The highest BCUT2D eigenvalue weighted by Crippen LogP contribution is 2.43. The molecule has 6 heteroatoms. The van der Waals surface area contributed by atoms with Gasteiger partial charge in [-0.15, -0.1) is 0 Å². The maximum Gasteiger partial charge on any atom is 0.306 e. The van der Waals surface area contributed by atoms with Crippen molar-refractivity contribution in [2.45, 2.75) is 182 Å². The summed E-state index contributed by atoms with van der Waals surface area (Å²) in [5.74, 6) is 1.07. The Morgan fingerprint density at radius 2 is 0.984 bits per heavy atom. The van der Waals surface area contributed by atoms with Crippen molar-refractivity contribution in [1.82, 2.24) is 0 Å². The van der Waals surface area contributed by atoms with E-state index in [2.05, 4.69) is 127 Å². The van der Waals surface area contributed by atoms with Gasteiger partial charge in [0.05, 0.1) is 11.2 Å². The van der Waals surface area contributed by atoms with E-state index in [4.69, 9.17) is 9.47 Å². The van der Waals surface area contributed by atoms with Crippen LogP contribution in [0.4, 0.5) is 0 Å². The number of rotatable bonds is 19. The third kappa shape index (κ3) is 12.2. The molecular weight excluding hydrogens is 793 g/mol. The minimum Gasteiger partial charge on any atom is -0.508 e. The van der Waals surface area contributed by atoms with Gasteiger partial charge in [-0.3, -0.25) is 4.79 Å². The first-order chi connectivity index (χ1) is 30.4. The molecule has 1 saturated heterocycles. The van der Waals surface area contributed by atoms with Gasteiger partial charge < -0.3 is 24.8 Å². The van der Waals surface area contributed by atoms with Crippen molar-refractivity contribution < 1.29 is 29.6 Å². The molecule has 4 aromatic carbocycles. The van der Waals surface area contributed by atoms with E-state index in [9.17, 15) is 20.1 Å². The number of hydrogen-bond donors (Lipinski definition) is 3. The Morgan fingerprint density at radius 3 is 1.36 bits per heavy atom. The van der Waals surface area contributed by atoms with E-state index in [-0.39, 0.29) is 22.9 Å². The largest absolute Gasteiger partial charge is 0.508 e. The standard InChI is InChI=1S/C32H44O4.C26H36O2/c1-7-31(34,8-2)19-18-25-14-15-26(20-23(25)5)32(9-3,10-4)27-16-17-29(24(6)21-27)35-22-28-12-11-13-30(33)36-28;1-7-25(28,8-2)16-15-21-11-12-22(17-19(21)5)26(9-3,10-4)23-13-14-24(27)20(6)18-23/h14-21,28,34H,7-13,22H2,1-6H3;11-18,27-28H,7-10H2,1-6H3/b19-18+;16-15+/t28-;/m1./s1. The molecule has 0 aliphatic carbocycles. The quantitative estimate of drug-likeness (QED) is 0.0812. The van der Waals surface area contributed by atoms with Crippen LogP contribution in [0.1, 0.15) is 182 Å². The molecule has 0 radical (unpaired) electrons. The maximum absolute atomic E-state index is 11.6. The topological polar surface area (TPSA) is 96.2 Å². The molecule has 3 N–H and O–H groups in total. The van der Waals surface area contributed by atoms with E-state index < -0.39 is 11.2 Å². The summed E-state index contributed by atoms with van der Waals surface area (Å²) in [6.45, 7) is 25.8. The van der Waals surface area contributed by atoms with Gasteiger partial charge in [-0.05, 0) is 160 Å². The molecule has 64 heavy (non-hydrogen) atoms. The van der Waals surface area contributed by atoms with E-state index in [1.165, 1.54) is 33.4 Å².